The third kappa shape index (κ3) is 4.28. The van der Waals surface area contributed by atoms with Gasteiger partial charge in [0.2, 0.25) is 11.8 Å². The molecule has 3 fully saturated rings. The molecular weight excluding hydrogens is 594 g/mol. The molecule has 3 heterocycles. The van der Waals surface area contributed by atoms with Gasteiger partial charge in [-0.1, -0.05) is 41.4 Å². The number of halogens is 3. The van der Waals surface area contributed by atoms with Crippen molar-refractivity contribution in [3.63, 3.8) is 0 Å². The third-order valence-corrected chi connectivity index (χ3v) is 9.98. The topological polar surface area (TPSA) is 93.2 Å². The number of rotatable bonds is 5. The minimum absolute atomic E-state index is 0.0752. The van der Waals surface area contributed by atoms with Gasteiger partial charge in [0.05, 0.1) is 10.9 Å². The molecule has 1 spiro atoms. The van der Waals surface area contributed by atoms with Crippen molar-refractivity contribution in [2.24, 2.45) is 11.8 Å². The summed E-state index contributed by atoms with van der Waals surface area (Å²) in [5.74, 6) is -3.02. The Kier molecular flexibility index (Phi) is 6.77. The first-order valence-electron chi connectivity index (χ1n) is 14.3. The summed E-state index contributed by atoms with van der Waals surface area (Å²) >= 11 is 12.7. The zero-order valence-electron chi connectivity index (χ0n) is 23.3. The minimum Gasteiger partial charge on any atom is -0.324 e. The molecule has 2 N–H and O–H groups in total. The van der Waals surface area contributed by atoms with E-state index in [1.54, 1.807) is 53.4 Å². The highest BCUT2D eigenvalue weighted by Crippen LogP contribution is 2.62. The van der Waals surface area contributed by atoms with Crippen LogP contribution in [0.3, 0.4) is 0 Å². The molecule has 11 heteroatoms. The number of benzene rings is 3. The van der Waals surface area contributed by atoms with Gasteiger partial charge in [0.25, 0.3) is 5.91 Å². The largest absolute Gasteiger partial charge is 0.324 e. The summed E-state index contributed by atoms with van der Waals surface area (Å²) in [5, 5.41) is 13.5. The number of hydrogen-bond donors (Lipinski definition) is 2. The lowest BCUT2D eigenvalue weighted by molar-refractivity contribution is -0.128. The van der Waals surface area contributed by atoms with Crippen LogP contribution in [0.15, 0.2) is 60.7 Å². The summed E-state index contributed by atoms with van der Waals surface area (Å²) in [6.07, 6.45) is 2.62. The molecule has 3 aliphatic heterocycles. The van der Waals surface area contributed by atoms with Crippen LogP contribution in [0.25, 0.3) is 0 Å². The lowest BCUT2D eigenvalue weighted by Gasteiger charge is -2.40. The molecule has 0 unspecified atom stereocenters. The molecule has 2 saturated heterocycles. The van der Waals surface area contributed by atoms with Crippen molar-refractivity contribution >= 4 is 52.3 Å². The monoisotopic (exact) mass is 622 g/mol. The van der Waals surface area contributed by atoms with Crippen molar-refractivity contribution in [1.29, 1.82) is 0 Å². The van der Waals surface area contributed by atoms with Gasteiger partial charge in [0.1, 0.15) is 11.4 Å². The van der Waals surface area contributed by atoms with Crippen molar-refractivity contribution in [1.82, 2.24) is 9.96 Å². The van der Waals surface area contributed by atoms with Crippen molar-refractivity contribution in [3.05, 3.63) is 93.2 Å². The van der Waals surface area contributed by atoms with Crippen LogP contribution in [0.1, 0.15) is 46.7 Å². The van der Waals surface area contributed by atoms with Crippen molar-refractivity contribution < 1.29 is 24.0 Å². The maximum absolute atomic E-state index is 16.1. The van der Waals surface area contributed by atoms with E-state index < -0.39 is 29.1 Å². The van der Waals surface area contributed by atoms with Crippen molar-refractivity contribution in [2.75, 3.05) is 30.4 Å². The summed E-state index contributed by atoms with van der Waals surface area (Å²) < 4.78 is 16.1. The normalized spacial score (nSPS) is 26.4. The highest BCUT2D eigenvalue weighted by molar-refractivity contribution is 6.31. The Morgan fingerprint density at radius 3 is 2.53 bits per heavy atom. The Balaban J connectivity index is 1.39. The predicted molar refractivity (Wildman–Crippen MR) is 160 cm³/mol. The zero-order valence-corrected chi connectivity index (χ0v) is 24.8. The van der Waals surface area contributed by atoms with Crippen LogP contribution >= 0.6 is 23.2 Å². The molecule has 43 heavy (non-hydrogen) atoms. The standard InChI is InChI=1S/C32H29Cl2FN4O4/c1-37(43)29(40)18-7-10-20(11-8-18)38-14-13-25-26(30(38)41)27(21-3-2-4-23(34)28(21)35)32(39(25)16-17-5-6-17)22-12-9-19(33)15-24(22)36-31(32)42/h2-4,7-12,15,17,25-27,43H,5-6,13-14,16H2,1H3,(H,36,42)/t25-,26+,27-,32+/m0/s1. The first kappa shape index (κ1) is 28.3. The van der Waals surface area contributed by atoms with E-state index in [4.69, 9.17) is 23.2 Å². The first-order chi connectivity index (χ1) is 20.6. The Bertz CT molecular complexity index is 1660. The SMILES string of the molecule is CN(O)C(=O)c1ccc(N2CC[C@H]3[C@@H](C2=O)[C@H](c2cccc(Cl)c2F)[C@]2(C(=O)Nc4cc(Cl)ccc42)N3CC2CC2)cc1. The van der Waals surface area contributed by atoms with E-state index in [2.05, 4.69) is 10.2 Å². The van der Waals surface area contributed by atoms with E-state index in [9.17, 15) is 19.6 Å². The number of nitrogens with one attached hydrogen (secondary N) is 1. The number of fused-ring (bicyclic) bond motifs is 3. The van der Waals surface area contributed by atoms with Gasteiger partial charge in [-0.25, -0.2) is 9.45 Å². The van der Waals surface area contributed by atoms with E-state index in [-0.39, 0.29) is 34.0 Å². The molecule has 8 nitrogen and oxygen atoms in total. The fourth-order valence-corrected chi connectivity index (χ4v) is 7.81. The Labute approximate surface area is 257 Å². The number of nitrogens with zero attached hydrogens (tertiary/aromatic N) is 3. The second kappa shape index (κ2) is 10.3. The molecule has 0 aromatic heterocycles. The molecule has 222 valence electrons. The number of anilines is 2. The molecule has 0 bridgehead atoms. The average Bonchev–Trinajstić information content (AvgIpc) is 3.70. The van der Waals surface area contributed by atoms with Crippen LogP contribution in [0.2, 0.25) is 10.0 Å². The maximum atomic E-state index is 16.1. The highest BCUT2D eigenvalue weighted by Gasteiger charge is 2.70. The fraction of sp³-hybridized carbons (Fsp3) is 0.344. The van der Waals surface area contributed by atoms with Crippen LogP contribution in [-0.4, -0.2) is 59.1 Å². The van der Waals surface area contributed by atoms with E-state index in [0.29, 0.717) is 52.5 Å². The smallest absolute Gasteiger partial charge is 0.276 e. The number of carbonyl (C=O) groups is 3. The van der Waals surface area contributed by atoms with Crippen molar-refractivity contribution in [2.45, 2.75) is 36.8 Å². The second-order valence-electron chi connectivity index (χ2n) is 11.9. The summed E-state index contributed by atoms with van der Waals surface area (Å²) in [6.45, 7) is 0.985. The van der Waals surface area contributed by atoms with Gasteiger partial charge >= 0.3 is 0 Å². The Morgan fingerprint density at radius 1 is 1.09 bits per heavy atom. The van der Waals surface area contributed by atoms with Crippen LogP contribution < -0.4 is 10.2 Å². The van der Waals surface area contributed by atoms with E-state index >= 15 is 4.39 Å². The van der Waals surface area contributed by atoms with Gasteiger partial charge in [-0.2, -0.15) is 0 Å². The molecule has 3 aromatic carbocycles. The summed E-state index contributed by atoms with van der Waals surface area (Å²) in [7, 11) is 1.24. The minimum atomic E-state index is -1.35. The summed E-state index contributed by atoms with van der Waals surface area (Å²) in [6, 6.07) is 16.1. The zero-order chi connectivity index (χ0) is 30.2. The van der Waals surface area contributed by atoms with Crippen molar-refractivity contribution in [3.8, 4) is 0 Å². The molecule has 1 aliphatic carbocycles. The number of carbonyl (C=O) groups excluding carboxylic acids is 3. The Hall–Kier alpha value is -3.50. The van der Waals surface area contributed by atoms with Crippen LogP contribution in [0.5, 0.6) is 0 Å². The predicted octanol–water partition coefficient (Wildman–Crippen LogP) is 5.67. The first-order valence-corrected chi connectivity index (χ1v) is 15.1. The number of hydroxylamine groups is 2. The van der Waals surface area contributed by atoms with Gasteiger partial charge < -0.3 is 10.2 Å². The second-order valence-corrected chi connectivity index (χ2v) is 12.7. The van der Waals surface area contributed by atoms with E-state index in [0.717, 1.165) is 12.8 Å². The quantitative estimate of drug-likeness (QED) is 0.282. The Morgan fingerprint density at radius 2 is 1.84 bits per heavy atom. The van der Waals surface area contributed by atoms with E-state index in [1.807, 2.05) is 6.07 Å². The molecule has 1 saturated carbocycles. The number of likely N-dealkylation sites (tertiary alicyclic amines) is 1. The summed E-state index contributed by atoms with van der Waals surface area (Å²) in [5.41, 5.74) is 0.948. The fourth-order valence-electron chi connectivity index (χ4n) is 7.46. The number of amides is 3. The molecule has 3 aromatic rings. The lowest BCUT2D eigenvalue weighted by atomic mass is 9.70. The van der Waals surface area contributed by atoms with Crippen LogP contribution in [0, 0.1) is 17.7 Å². The van der Waals surface area contributed by atoms with Gasteiger partial charge in [0.15, 0.2) is 0 Å². The molecule has 0 radical (unpaired) electrons. The molecular formula is C32H29Cl2FN4O4. The summed E-state index contributed by atoms with van der Waals surface area (Å²) in [4.78, 5) is 45.1. The number of hydrogen-bond acceptors (Lipinski definition) is 5. The molecule has 4 aliphatic rings. The average molecular weight is 624 g/mol. The van der Waals surface area contributed by atoms with Crippen LogP contribution in [0.4, 0.5) is 15.8 Å². The highest BCUT2D eigenvalue weighted by atomic mass is 35.5. The molecule has 7 rings (SSSR count). The number of piperidine rings is 1. The van der Waals surface area contributed by atoms with Crippen LogP contribution in [-0.2, 0) is 15.1 Å². The maximum Gasteiger partial charge on any atom is 0.276 e. The van der Waals surface area contributed by atoms with E-state index in [1.165, 1.54) is 13.1 Å². The molecule has 4 atom stereocenters. The third-order valence-electron chi connectivity index (χ3n) is 9.45. The van der Waals surface area contributed by atoms with Gasteiger partial charge in [0, 0.05) is 59.6 Å². The van der Waals surface area contributed by atoms with Gasteiger partial charge in [-0.3, -0.25) is 24.5 Å². The van der Waals surface area contributed by atoms with Gasteiger partial charge in [-0.15, -0.1) is 0 Å². The van der Waals surface area contributed by atoms with Gasteiger partial charge in [-0.05, 0) is 73.2 Å². The lowest BCUT2D eigenvalue weighted by Crippen LogP contribution is -2.54. The molecule has 3 amide bonds.